The summed E-state index contributed by atoms with van der Waals surface area (Å²) in [6, 6.07) is -0.239. The molecule has 3 rings (SSSR count). The molecule has 0 aromatic carbocycles. The van der Waals surface area contributed by atoms with Crippen LogP contribution in [0.25, 0.3) is 0 Å². The topological polar surface area (TPSA) is 58.6 Å². The standard InChI is InChI=1S/C15H24N2O3/c18-13-8-16-15(19)14(12-4-2-1-3-5-12)17(13)9-11-6-7-20-10-11/h11-12,14H,1-10H2,(H,16,19). The van der Waals surface area contributed by atoms with Crippen LogP contribution < -0.4 is 5.32 Å². The Balaban J connectivity index is 1.73. The lowest BCUT2D eigenvalue weighted by molar-refractivity contribution is -0.149. The molecule has 3 fully saturated rings. The monoisotopic (exact) mass is 280 g/mol. The normalized spacial score (nSPS) is 32.5. The molecule has 0 aromatic rings. The molecule has 1 saturated carbocycles. The minimum absolute atomic E-state index is 0.0513. The Morgan fingerprint density at radius 2 is 1.95 bits per heavy atom. The Morgan fingerprint density at radius 1 is 1.15 bits per heavy atom. The summed E-state index contributed by atoms with van der Waals surface area (Å²) < 4.78 is 5.40. The fourth-order valence-electron chi connectivity index (χ4n) is 3.80. The van der Waals surface area contributed by atoms with E-state index in [9.17, 15) is 9.59 Å². The van der Waals surface area contributed by atoms with Crippen molar-refractivity contribution in [1.29, 1.82) is 0 Å². The highest BCUT2D eigenvalue weighted by Gasteiger charge is 2.41. The van der Waals surface area contributed by atoms with Gasteiger partial charge in [-0.3, -0.25) is 9.59 Å². The highest BCUT2D eigenvalue weighted by molar-refractivity contribution is 5.95. The van der Waals surface area contributed by atoms with E-state index in [2.05, 4.69) is 5.32 Å². The van der Waals surface area contributed by atoms with Gasteiger partial charge in [0.05, 0.1) is 13.2 Å². The van der Waals surface area contributed by atoms with E-state index in [1.807, 2.05) is 4.90 Å². The molecule has 2 heterocycles. The molecular formula is C15H24N2O3. The van der Waals surface area contributed by atoms with E-state index in [4.69, 9.17) is 4.74 Å². The summed E-state index contributed by atoms with van der Waals surface area (Å²) in [6.45, 7) is 2.36. The van der Waals surface area contributed by atoms with Crippen LogP contribution in [0.3, 0.4) is 0 Å². The third-order valence-corrected chi connectivity index (χ3v) is 4.91. The molecule has 2 aliphatic heterocycles. The molecule has 0 radical (unpaired) electrons. The minimum Gasteiger partial charge on any atom is -0.381 e. The number of rotatable bonds is 3. The first kappa shape index (κ1) is 13.9. The molecule has 5 heteroatoms. The largest absolute Gasteiger partial charge is 0.381 e. The van der Waals surface area contributed by atoms with Crippen LogP contribution in [-0.2, 0) is 14.3 Å². The maximum atomic E-state index is 12.3. The molecule has 2 amide bonds. The molecule has 20 heavy (non-hydrogen) atoms. The highest BCUT2D eigenvalue weighted by atomic mass is 16.5. The molecule has 2 atom stereocenters. The van der Waals surface area contributed by atoms with Gasteiger partial charge in [0.25, 0.3) is 0 Å². The van der Waals surface area contributed by atoms with Crippen LogP contribution in [0.4, 0.5) is 0 Å². The Kier molecular flexibility index (Phi) is 4.24. The van der Waals surface area contributed by atoms with E-state index in [-0.39, 0.29) is 24.4 Å². The lowest BCUT2D eigenvalue weighted by atomic mass is 9.82. The number of carbonyl (C=O) groups excluding carboxylic acids is 2. The van der Waals surface area contributed by atoms with Crippen molar-refractivity contribution in [2.24, 2.45) is 11.8 Å². The predicted octanol–water partition coefficient (Wildman–Crippen LogP) is 0.930. The van der Waals surface area contributed by atoms with Crippen molar-refractivity contribution in [3.8, 4) is 0 Å². The summed E-state index contributed by atoms with van der Waals surface area (Å²) in [6.07, 6.45) is 6.77. The number of nitrogens with zero attached hydrogens (tertiary/aromatic N) is 1. The first-order valence-corrected chi connectivity index (χ1v) is 7.90. The van der Waals surface area contributed by atoms with Gasteiger partial charge in [0.15, 0.2) is 0 Å². The van der Waals surface area contributed by atoms with Gasteiger partial charge in [0, 0.05) is 19.1 Å². The molecule has 0 spiro atoms. The fourth-order valence-corrected chi connectivity index (χ4v) is 3.80. The predicted molar refractivity (Wildman–Crippen MR) is 74.0 cm³/mol. The number of hydrogen-bond donors (Lipinski definition) is 1. The van der Waals surface area contributed by atoms with Crippen LogP contribution in [0.15, 0.2) is 0 Å². The maximum Gasteiger partial charge on any atom is 0.243 e. The molecule has 1 aliphatic carbocycles. The zero-order valence-electron chi connectivity index (χ0n) is 12.0. The number of carbonyl (C=O) groups is 2. The highest BCUT2D eigenvalue weighted by Crippen LogP contribution is 2.31. The lowest BCUT2D eigenvalue weighted by Gasteiger charge is -2.41. The quantitative estimate of drug-likeness (QED) is 0.836. The van der Waals surface area contributed by atoms with E-state index >= 15 is 0 Å². The van der Waals surface area contributed by atoms with Crippen molar-refractivity contribution < 1.29 is 14.3 Å². The molecule has 0 bridgehead atoms. The molecule has 1 N–H and O–H groups in total. The van der Waals surface area contributed by atoms with E-state index in [1.165, 1.54) is 19.3 Å². The molecule has 2 unspecified atom stereocenters. The molecule has 112 valence electrons. The minimum atomic E-state index is -0.239. The SMILES string of the molecule is O=C1NCC(=O)N(CC2CCOC2)C1C1CCCCC1. The van der Waals surface area contributed by atoms with Crippen molar-refractivity contribution in [1.82, 2.24) is 10.2 Å². The summed E-state index contributed by atoms with van der Waals surface area (Å²) in [5, 5.41) is 2.77. The first-order valence-electron chi connectivity index (χ1n) is 7.90. The maximum absolute atomic E-state index is 12.3. The van der Waals surface area contributed by atoms with Gasteiger partial charge in [0.2, 0.25) is 11.8 Å². The van der Waals surface area contributed by atoms with Crippen molar-refractivity contribution in [2.75, 3.05) is 26.3 Å². The van der Waals surface area contributed by atoms with Gasteiger partial charge in [-0.15, -0.1) is 0 Å². The number of hydrogen-bond acceptors (Lipinski definition) is 3. The van der Waals surface area contributed by atoms with Gasteiger partial charge in [-0.05, 0) is 25.2 Å². The smallest absolute Gasteiger partial charge is 0.243 e. The third-order valence-electron chi connectivity index (χ3n) is 4.91. The zero-order valence-corrected chi connectivity index (χ0v) is 12.0. The van der Waals surface area contributed by atoms with E-state index in [0.717, 1.165) is 32.5 Å². The number of ether oxygens (including phenoxy) is 1. The van der Waals surface area contributed by atoms with Crippen LogP contribution >= 0.6 is 0 Å². The van der Waals surface area contributed by atoms with E-state index < -0.39 is 0 Å². The van der Waals surface area contributed by atoms with Crippen LogP contribution in [0.5, 0.6) is 0 Å². The van der Waals surface area contributed by atoms with Crippen molar-refractivity contribution in [3.63, 3.8) is 0 Å². The Morgan fingerprint density at radius 3 is 2.65 bits per heavy atom. The van der Waals surface area contributed by atoms with Gasteiger partial charge < -0.3 is 15.0 Å². The van der Waals surface area contributed by atoms with Crippen molar-refractivity contribution in [2.45, 2.75) is 44.6 Å². The second-order valence-electron chi connectivity index (χ2n) is 6.34. The van der Waals surface area contributed by atoms with Crippen molar-refractivity contribution >= 4 is 11.8 Å². The number of piperazine rings is 1. The van der Waals surface area contributed by atoms with Gasteiger partial charge in [0.1, 0.15) is 6.04 Å². The molecular weight excluding hydrogens is 256 g/mol. The second kappa shape index (κ2) is 6.12. The zero-order chi connectivity index (χ0) is 13.9. The van der Waals surface area contributed by atoms with E-state index in [0.29, 0.717) is 18.4 Å². The number of amides is 2. The summed E-state index contributed by atoms with van der Waals surface area (Å²) in [7, 11) is 0. The molecule has 5 nitrogen and oxygen atoms in total. The van der Waals surface area contributed by atoms with Gasteiger partial charge in [-0.25, -0.2) is 0 Å². The van der Waals surface area contributed by atoms with Crippen LogP contribution in [0, 0.1) is 11.8 Å². The second-order valence-corrected chi connectivity index (χ2v) is 6.34. The Bertz CT molecular complexity index is 373. The Hall–Kier alpha value is -1.10. The fraction of sp³-hybridized carbons (Fsp3) is 0.867. The van der Waals surface area contributed by atoms with Crippen LogP contribution in [-0.4, -0.2) is 49.1 Å². The lowest BCUT2D eigenvalue weighted by Crippen LogP contribution is -2.62. The number of nitrogens with one attached hydrogen (secondary N) is 1. The first-order chi connectivity index (χ1) is 9.75. The average molecular weight is 280 g/mol. The average Bonchev–Trinajstić information content (AvgIpc) is 2.97. The summed E-state index contributed by atoms with van der Waals surface area (Å²) in [5.41, 5.74) is 0. The Labute approximate surface area is 120 Å². The van der Waals surface area contributed by atoms with Crippen LogP contribution in [0.1, 0.15) is 38.5 Å². The van der Waals surface area contributed by atoms with Gasteiger partial charge in [-0.2, -0.15) is 0 Å². The summed E-state index contributed by atoms with van der Waals surface area (Å²) in [4.78, 5) is 26.4. The van der Waals surface area contributed by atoms with Crippen LogP contribution in [0.2, 0.25) is 0 Å². The van der Waals surface area contributed by atoms with Gasteiger partial charge in [-0.1, -0.05) is 19.3 Å². The van der Waals surface area contributed by atoms with Crippen molar-refractivity contribution in [3.05, 3.63) is 0 Å². The molecule has 3 aliphatic rings. The molecule has 2 saturated heterocycles. The van der Waals surface area contributed by atoms with E-state index in [1.54, 1.807) is 0 Å². The third kappa shape index (κ3) is 2.82. The van der Waals surface area contributed by atoms with Gasteiger partial charge >= 0.3 is 0 Å². The molecule has 0 aromatic heterocycles. The summed E-state index contributed by atoms with van der Waals surface area (Å²) in [5.74, 6) is 0.869. The summed E-state index contributed by atoms with van der Waals surface area (Å²) >= 11 is 0.